The van der Waals surface area contributed by atoms with Crippen molar-refractivity contribution in [3.05, 3.63) is 11.6 Å². The Balaban J connectivity index is 1.17. The maximum atomic E-state index is 12.4. The Bertz CT molecular complexity index is 1650. The van der Waals surface area contributed by atoms with Crippen molar-refractivity contribution >= 4 is 11.9 Å². The Morgan fingerprint density at radius 2 is 1.44 bits per heavy atom. The molecule has 7 aliphatic rings. The van der Waals surface area contributed by atoms with E-state index in [2.05, 4.69) is 61.5 Å². The number of aliphatic carboxylic acids is 1. The van der Waals surface area contributed by atoms with Crippen LogP contribution in [0.4, 0.5) is 0 Å². The van der Waals surface area contributed by atoms with E-state index in [0.29, 0.717) is 19.3 Å². The summed E-state index contributed by atoms with van der Waals surface area (Å²) in [6.07, 6.45) is -10.2. The van der Waals surface area contributed by atoms with E-state index < -0.39 is 103 Å². The van der Waals surface area contributed by atoms with Crippen LogP contribution in [0.1, 0.15) is 114 Å². The number of esters is 1. The van der Waals surface area contributed by atoms with Gasteiger partial charge in [0.25, 0.3) is 0 Å². The third-order valence-electron chi connectivity index (χ3n) is 17.6. The van der Waals surface area contributed by atoms with E-state index in [-0.39, 0.29) is 45.4 Å². The molecule has 0 amide bonds. The van der Waals surface area contributed by atoms with Crippen molar-refractivity contribution in [1.29, 1.82) is 0 Å². The smallest absolute Gasteiger partial charge is 0.335 e. The van der Waals surface area contributed by atoms with Gasteiger partial charge >= 0.3 is 11.9 Å². The van der Waals surface area contributed by atoms with Gasteiger partial charge in [-0.25, -0.2) is 4.79 Å². The van der Waals surface area contributed by atoms with Crippen LogP contribution >= 0.6 is 0 Å². The molecule has 2 heterocycles. The summed E-state index contributed by atoms with van der Waals surface area (Å²) < 4.78 is 30.0. The van der Waals surface area contributed by atoms with Crippen molar-refractivity contribution in [1.82, 2.24) is 0 Å². The fourth-order valence-electron chi connectivity index (χ4n) is 14.1. The predicted octanol–water partition coefficient (Wildman–Crippen LogP) is 2.42. The molecule has 15 heteroatoms. The molecule has 0 aromatic carbocycles. The molecule has 0 aromatic heterocycles. The molecule has 2 saturated heterocycles. The lowest BCUT2D eigenvalue weighted by atomic mass is 9.33. The summed E-state index contributed by atoms with van der Waals surface area (Å²) in [4.78, 5) is 24.6. The molecular formula is C44H70O15. The Hall–Kier alpha value is -1.76. The van der Waals surface area contributed by atoms with E-state index in [0.717, 1.165) is 32.1 Å². The Kier molecular flexibility index (Phi) is 11.7. The van der Waals surface area contributed by atoms with E-state index in [1.807, 2.05) is 0 Å². The molecule has 0 aromatic rings. The Morgan fingerprint density at radius 1 is 0.763 bits per heavy atom. The first kappa shape index (κ1) is 45.3. The molecule has 336 valence electrons. The molecule has 0 radical (unpaired) electrons. The SMILES string of the molecule is CC(=O)O[C@@H]1CC(C)(C)C[C@H]2C3=CC[C@H]4[C@]5(C)CC[C@@H](O[C@H]6O[C@@H](C(=O)O)[C@H](O)[C@@H](O)[C@@H]6O[C@@H]6O[C@H](CO)[C@H](O)[C@@H](O)[C@@H]6O)C(C)(C)[C@@H]5CC[C@@]4(C)[C@]3(C)C[C@H](O)[C@@]12C. The molecule has 2 aliphatic heterocycles. The molecule has 7 rings (SSSR count). The molecule has 5 aliphatic carbocycles. The minimum Gasteiger partial charge on any atom is -0.479 e. The lowest BCUT2D eigenvalue weighted by molar-refractivity contribution is -0.374. The summed E-state index contributed by atoms with van der Waals surface area (Å²) in [5, 5.41) is 85.6. The van der Waals surface area contributed by atoms with Crippen LogP contribution in [-0.2, 0) is 33.3 Å². The highest BCUT2D eigenvalue weighted by molar-refractivity contribution is 5.73. The van der Waals surface area contributed by atoms with E-state index in [4.69, 9.17) is 23.7 Å². The van der Waals surface area contributed by atoms with Gasteiger partial charge < -0.3 is 64.5 Å². The maximum absolute atomic E-state index is 12.4. The van der Waals surface area contributed by atoms with Crippen molar-refractivity contribution in [3.63, 3.8) is 0 Å². The number of aliphatic hydroxyl groups is 7. The number of rotatable bonds is 7. The summed E-state index contributed by atoms with van der Waals surface area (Å²) in [5.74, 6) is -1.42. The normalized spacial score (nSPS) is 52.8. The first-order valence-electron chi connectivity index (χ1n) is 21.7. The largest absolute Gasteiger partial charge is 0.479 e. The number of carbonyl (C=O) groups excluding carboxylic acids is 1. The van der Waals surface area contributed by atoms with Crippen LogP contribution in [0.5, 0.6) is 0 Å². The van der Waals surface area contributed by atoms with Gasteiger partial charge in [-0.3, -0.25) is 4.79 Å². The molecule has 59 heavy (non-hydrogen) atoms. The molecule has 15 nitrogen and oxygen atoms in total. The van der Waals surface area contributed by atoms with Gasteiger partial charge in [0.05, 0.1) is 18.8 Å². The molecule has 8 N–H and O–H groups in total. The second-order valence-corrected chi connectivity index (χ2v) is 21.6. The summed E-state index contributed by atoms with van der Waals surface area (Å²) in [6, 6.07) is 0. The molecule has 0 bridgehead atoms. The third kappa shape index (κ3) is 6.87. The zero-order valence-electron chi connectivity index (χ0n) is 36.1. The highest BCUT2D eigenvalue weighted by atomic mass is 16.8. The van der Waals surface area contributed by atoms with Crippen LogP contribution < -0.4 is 0 Å². The van der Waals surface area contributed by atoms with E-state index in [1.165, 1.54) is 12.5 Å². The van der Waals surface area contributed by atoms with Crippen LogP contribution in [0, 0.1) is 50.2 Å². The van der Waals surface area contributed by atoms with Crippen LogP contribution in [0.3, 0.4) is 0 Å². The predicted molar refractivity (Wildman–Crippen MR) is 209 cm³/mol. The highest BCUT2D eigenvalue weighted by Crippen LogP contribution is 2.76. The lowest BCUT2D eigenvalue weighted by Crippen LogP contribution is -2.68. The summed E-state index contributed by atoms with van der Waals surface area (Å²) >= 11 is 0. The average molecular weight is 839 g/mol. The monoisotopic (exact) mass is 838 g/mol. The van der Waals surface area contributed by atoms with Gasteiger partial charge in [-0.05, 0) is 96.2 Å². The maximum Gasteiger partial charge on any atom is 0.335 e. The third-order valence-corrected chi connectivity index (χ3v) is 17.6. The van der Waals surface area contributed by atoms with Crippen molar-refractivity contribution in [2.75, 3.05) is 6.61 Å². The van der Waals surface area contributed by atoms with Crippen LogP contribution in [0.25, 0.3) is 0 Å². The molecule has 0 spiro atoms. The van der Waals surface area contributed by atoms with Crippen LogP contribution in [-0.4, -0.2) is 139 Å². The van der Waals surface area contributed by atoms with Crippen molar-refractivity contribution in [2.45, 2.75) is 193 Å². The number of aliphatic hydroxyl groups excluding tert-OH is 7. The standard InChI is InChI=1S/C44H70O15/c1-20(46)55-28-18-39(2,3)16-22-21-10-11-25-41(6)14-13-27(40(4,5)24(41)12-15-42(25,7)43(21,8)17-26(47)44(22,28)9)57-38-35(32(51)31(50)34(58-38)36(53)54)59-37-33(52)30(49)29(48)23(19-45)56-37/h10,22-35,37-38,45,47-52H,11-19H2,1-9H3,(H,53,54)/t22-,23+,24-,25-,26-,27+,28+,29-,30+,31+,32+,33-,34+,35-,37-,38-,41+,42+,43+,44-/m0/s1. The molecule has 6 fully saturated rings. The molecule has 20 atom stereocenters. The molecular weight excluding hydrogens is 768 g/mol. The fourth-order valence-corrected chi connectivity index (χ4v) is 14.1. The van der Waals surface area contributed by atoms with Crippen molar-refractivity contribution in [3.8, 4) is 0 Å². The number of hydrogen-bond acceptors (Lipinski definition) is 14. The Labute approximate surface area is 347 Å². The second kappa shape index (κ2) is 15.2. The van der Waals surface area contributed by atoms with Gasteiger partial charge in [0.1, 0.15) is 48.8 Å². The van der Waals surface area contributed by atoms with Gasteiger partial charge in [0.15, 0.2) is 18.7 Å². The van der Waals surface area contributed by atoms with Gasteiger partial charge in [0, 0.05) is 12.3 Å². The topological polar surface area (TPSA) is 242 Å². The number of fused-ring (bicyclic) bond motifs is 7. The summed E-state index contributed by atoms with van der Waals surface area (Å²) in [7, 11) is 0. The van der Waals surface area contributed by atoms with Gasteiger partial charge in [0.2, 0.25) is 0 Å². The molecule has 4 saturated carbocycles. The van der Waals surface area contributed by atoms with Gasteiger partial charge in [-0.1, -0.05) is 67.0 Å². The first-order valence-corrected chi connectivity index (χ1v) is 21.7. The zero-order valence-corrected chi connectivity index (χ0v) is 36.1. The van der Waals surface area contributed by atoms with Crippen molar-refractivity contribution in [2.24, 2.45) is 50.2 Å². The lowest BCUT2D eigenvalue weighted by Gasteiger charge is -2.72. The number of hydrogen-bond donors (Lipinski definition) is 8. The van der Waals surface area contributed by atoms with E-state index in [9.17, 15) is 50.4 Å². The molecule has 0 unspecified atom stereocenters. The van der Waals surface area contributed by atoms with Crippen LogP contribution in [0.2, 0.25) is 0 Å². The number of ether oxygens (including phenoxy) is 5. The number of carbonyl (C=O) groups is 2. The summed E-state index contributed by atoms with van der Waals surface area (Å²) in [6.45, 7) is 18.7. The Morgan fingerprint density at radius 3 is 2.07 bits per heavy atom. The number of allylic oxidation sites excluding steroid dienone is 2. The summed E-state index contributed by atoms with van der Waals surface area (Å²) in [5.41, 5.74) is -0.481. The number of carboxylic acid groups (broad SMARTS) is 1. The van der Waals surface area contributed by atoms with Crippen molar-refractivity contribution < 1.29 is 74.1 Å². The minimum atomic E-state index is -1.95. The fraction of sp³-hybridized carbons (Fsp3) is 0.909. The van der Waals surface area contributed by atoms with Gasteiger partial charge in [-0.2, -0.15) is 0 Å². The first-order chi connectivity index (χ1) is 27.3. The van der Waals surface area contributed by atoms with Crippen LogP contribution in [0.15, 0.2) is 11.6 Å². The minimum absolute atomic E-state index is 0.0466. The quantitative estimate of drug-likeness (QED) is 0.104. The van der Waals surface area contributed by atoms with E-state index in [1.54, 1.807) is 0 Å². The average Bonchev–Trinajstić information content (AvgIpc) is 3.13. The second-order valence-electron chi connectivity index (χ2n) is 21.6. The highest BCUT2D eigenvalue weighted by Gasteiger charge is 2.71. The van der Waals surface area contributed by atoms with Gasteiger partial charge in [-0.15, -0.1) is 0 Å². The zero-order chi connectivity index (χ0) is 43.6. The number of carboxylic acids is 1. The van der Waals surface area contributed by atoms with E-state index >= 15 is 0 Å².